The Kier molecular flexibility index (Phi) is 3.98. The molecule has 0 aromatic carbocycles. The van der Waals surface area contributed by atoms with Crippen molar-refractivity contribution in [1.29, 1.82) is 0 Å². The summed E-state index contributed by atoms with van der Waals surface area (Å²) in [5, 5.41) is 9.86. The van der Waals surface area contributed by atoms with Gasteiger partial charge >= 0.3 is 0 Å². The normalized spacial score (nSPS) is 14.9. The highest BCUT2D eigenvalue weighted by Gasteiger charge is 2.29. The molecule has 0 aromatic rings. The molecule has 12 heavy (non-hydrogen) atoms. The van der Waals surface area contributed by atoms with Crippen LogP contribution in [0.15, 0.2) is 12.2 Å². The number of aliphatic hydroxyl groups is 1. The Morgan fingerprint density at radius 2 is 1.83 bits per heavy atom. The first kappa shape index (κ1) is 11.7. The second-order valence-electron chi connectivity index (χ2n) is 4.81. The highest BCUT2D eigenvalue weighted by Crippen LogP contribution is 2.32. The molecule has 1 N–H and O–H groups in total. The summed E-state index contributed by atoms with van der Waals surface area (Å²) in [6.45, 7) is 14.2. The van der Waals surface area contributed by atoms with Gasteiger partial charge in [-0.25, -0.2) is 0 Å². The first-order valence-corrected chi connectivity index (χ1v) is 4.60. The monoisotopic (exact) mass is 170 g/mol. The highest BCUT2D eigenvalue weighted by molar-refractivity contribution is 4.96. The Bertz CT molecular complexity index is 156. The van der Waals surface area contributed by atoms with Gasteiger partial charge in [-0.1, -0.05) is 33.3 Å². The van der Waals surface area contributed by atoms with Crippen molar-refractivity contribution in [2.24, 2.45) is 11.3 Å². The molecular formula is C11H22O. The van der Waals surface area contributed by atoms with Crippen LogP contribution < -0.4 is 0 Å². The molecule has 1 atom stereocenters. The fraction of sp³-hybridized carbons (Fsp3) is 0.818. The SMILES string of the molecule is C=C(C)CC(C)(C)C(O)C(C)C. The van der Waals surface area contributed by atoms with Gasteiger partial charge in [0.1, 0.15) is 0 Å². The number of aliphatic hydroxyl groups excluding tert-OH is 1. The van der Waals surface area contributed by atoms with E-state index in [1.54, 1.807) is 0 Å². The van der Waals surface area contributed by atoms with Crippen molar-refractivity contribution in [2.75, 3.05) is 0 Å². The molecule has 0 aliphatic carbocycles. The van der Waals surface area contributed by atoms with Crippen LogP contribution >= 0.6 is 0 Å². The van der Waals surface area contributed by atoms with Crippen LogP contribution in [0.5, 0.6) is 0 Å². The van der Waals surface area contributed by atoms with Crippen LogP contribution in [0.25, 0.3) is 0 Å². The van der Waals surface area contributed by atoms with Gasteiger partial charge in [0, 0.05) is 0 Å². The number of allylic oxidation sites excluding steroid dienone is 1. The summed E-state index contributed by atoms with van der Waals surface area (Å²) in [5.41, 5.74) is 1.10. The maximum absolute atomic E-state index is 9.86. The van der Waals surface area contributed by atoms with Crippen molar-refractivity contribution in [3.63, 3.8) is 0 Å². The zero-order valence-electron chi connectivity index (χ0n) is 9.02. The zero-order valence-corrected chi connectivity index (χ0v) is 9.02. The van der Waals surface area contributed by atoms with Gasteiger partial charge in [-0.05, 0) is 24.7 Å². The molecule has 1 heteroatoms. The molecule has 0 aromatic heterocycles. The lowest BCUT2D eigenvalue weighted by Gasteiger charge is -2.33. The van der Waals surface area contributed by atoms with E-state index >= 15 is 0 Å². The fourth-order valence-electron chi connectivity index (χ4n) is 1.78. The highest BCUT2D eigenvalue weighted by atomic mass is 16.3. The molecule has 0 heterocycles. The van der Waals surface area contributed by atoms with E-state index < -0.39 is 0 Å². The fourth-order valence-corrected chi connectivity index (χ4v) is 1.78. The summed E-state index contributed by atoms with van der Waals surface area (Å²) in [4.78, 5) is 0. The second kappa shape index (κ2) is 4.08. The minimum atomic E-state index is -0.241. The van der Waals surface area contributed by atoms with Crippen LogP contribution in [0, 0.1) is 11.3 Å². The molecule has 0 fully saturated rings. The van der Waals surface area contributed by atoms with Crippen molar-refractivity contribution in [3.8, 4) is 0 Å². The van der Waals surface area contributed by atoms with Crippen LogP contribution in [-0.4, -0.2) is 11.2 Å². The molecule has 0 spiro atoms. The van der Waals surface area contributed by atoms with Crippen molar-refractivity contribution in [2.45, 2.75) is 47.1 Å². The number of hydrogen-bond donors (Lipinski definition) is 1. The van der Waals surface area contributed by atoms with Crippen LogP contribution in [-0.2, 0) is 0 Å². The van der Waals surface area contributed by atoms with Crippen molar-refractivity contribution in [1.82, 2.24) is 0 Å². The average molecular weight is 170 g/mol. The van der Waals surface area contributed by atoms with Gasteiger partial charge in [0.2, 0.25) is 0 Å². The van der Waals surface area contributed by atoms with Gasteiger partial charge < -0.3 is 5.11 Å². The quantitative estimate of drug-likeness (QED) is 0.643. The maximum Gasteiger partial charge on any atom is 0.0617 e. The molecule has 1 unspecified atom stereocenters. The van der Waals surface area contributed by atoms with Gasteiger partial charge in [-0.2, -0.15) is 0 Å². The molecule has 1 nitrogen and oxygen atoms in total. The molecular weight excluding hydrogens is 148 g/mol. The van der Waals surface area contributed by atoms with E-state index in [2.05, 4.69) is 20.4 Å². The number of rotatable bonds is 4. The minimum absolute atomic E-state index is 0.0417. The van der Waals surface area contributed by atoms with E-state index in [1.165, 1.54) is 0 Å². The molecule has 0 aliphatic heterocycles. The summed E-state index contributed by atoms with van der Waals surface area (Å²) in [5.74, 6) is 0.319. The topological polar surface area (TPSA) is 20.2 Å². The average Bonchev–Trinajstić information content (AvgIpc) is 1.82. The summed E-state index contributed by atoms with van der Waals surface area (Å²) in [6, 6.07) is 0. The van der Waals surface area contributed by atoms with Gasteiger partial charge in [0.15, 0.2) is 0 Å². The van der Waals surface area contributed by atoms with Gasteiger partial charge in [-0.15, -0.1) is 6.58 Å². The molecule has 0 bridgehead atoms. The van der Waals surface area contributed by atoms with E-state index in [0.29, 0.717) is 5.92 Å². The lowest BCUT2D eigenvalue weighted by atomic mass is 9.76. The van der Waals surface area contributed by atoms with Crippen LogP contribution in [0.4, 0.5) is 0 Å². The first-order valence-electron chi connectivity index (χ1n) is 4.60. The molecule has 0 aliphatic rings. The minimum Gasteiger partial charge on any atom is -0.392 e. The van der Waals surface area contributed by atoms with E-state index in [4.69, 9.17) is 0 Å². The van der Waals surface area contributed by atoms with E-state index in [0.717, 1.165) is 12.0 Å². The molecule has 0 radical (unpaired) electrons. The Balaban J connectivity index is 4.28. The van der Waals surface area contributed by atoms with Crippen LogP contribution in [0.3, 0.4) is 0 Å². The molecule has 0 saturated heterocycles. The third-order valence-electron chi connectivity index (χ3n) is 2.19. The second-order valence-corrected chi connectivity index (χ2v) is 4.81. The summed E-state index contributed by atoms with van der Waals surface area (Å²) < 4.78 is 0. The predicted octanol–water partition coefficient (Wildman–Crippen LogP) is 3.00. The van der Waals surface area contributed by atoms with E-state index in [1.807, 2.05) is 20.8 Å². The molecule has 0 rings (SSSR count). The maximum atomic E-state index is 9.86. The largest absolute Gasteiger partial charge is 0.392 e. The molecule has 72 valence electrons. The predicted molar refractivity (Wildman–Crippen MR) is 54.1 cm³/mol. The van der Waals surface area contributed by atoms with E-state index in [9.17, 15) is 5.11 Å². The van der Waals surface area contributed by atoms with Crippen molar-refractivity contribution < 1.29 is 5.11 Å². The van der Waals surface area contributed by atoms with E-state index in [-0.39, 0.29) is 11.5 Å². The van der Waals surface area contributed by atoms with Crippen molar-refractivity contribution in [3.05, 3.63) is 12.2 Å². The lowest BCUT2D eigenvalue weighted by Crippen LogP contribution is -2.33. The lowest BCUT2D eigenvalue weighted by molar-refractivity contribution is 0.0135. The van der Waals surface area contributed by atoms with Gasteiger partial charge in [-0.3, -0.25) is 0 Å². The van der Waals surface area contributed by atoms with Crippen LogP contribution in [0.1, 0.15) is 41.0 Å². The summed E-state index contributed by atoms with van der Waals surface area (Å²) >= 11 is 0. The number of hydrogen-bond acceptors (Lipinski definition) is 1. The van der Waals surface area contributed by atoms with Crippen LogP contribution in [0.2, 0.25) is 0 Å². The van der Waals surface area contributed by atoms with Gasteiger partial charge in [0.25, 0.3) is 0 Å². The van der Waals surface area contributed by atoms with Crippen molar-refractivity contribution >= 4 is 0 Å². The zero-order chi connectivity index (χ0) is 9.94. The third-order valence-corrected chi connectivity index (χ3v) is 2.19. The summed E-state index contributed by atoms with van der Waals surface area (Å²) in [6.07, 6.45) is 0.654. The Morgan fingerprint density at radius 1 is 1.42 bits per heavy atom. The first-order chi connectivity index (χ1) is 5.27. The standard InChI is InChI=1S/C11H22O/c1-8(2)7-11(5,6)10(12)9(3)4/h9-10,12H,1,7H2,2-6H3. The summed E-state index contributed by atoms with van der Waals surface area (Å²) in [7, 11) is 0. The smallest absolute Gasteiger partial charge is 0.0617 e. The Morgan fingerprint density at radius 3 is 2.08 bits per heavy atom. The van der Waals surface area contributed by atoms with Gasteiger partial charge in [0.05, 0.1) is 6.10 Å². The molecule has 0 saturated carbocycles. The third kappa shape index (κ3) is 3.40. The molecule has 0 amide bonds. The Labute approximate surface area is 76.5 Å². The Hall–Kier alpha value is -0.300.